The van der Waals surface area contributed by atoms with Crippen LogP contribution >= 0.6 is 0 Å². The molecule has 2 heterocycles. The number of amides is 1. The molecule has 1 fully saturated rings. The first-order chi connectivity index (χ1) is 9.56. The average molecular weight is 279 g/mol. The predicted octanol–water partition coefficient (Wildman–Crippen LogP) is 2.15. The van der Waals surface area contributed by atoms with Crippen LogP contribution in [0.3, 0.4) is 0 Å². The fourth-order valence-corrected chi connectivity index (χ4v) is 2.89. The summed E-state index contributed by atoms with van der Waals surface area (Å²) in [6, 6.07) is 2.12. The molecule has 1 amide bonds. The van der Waals surface area contributed by atoms with Gasteiger partial charge in [0.05, 0.1) is 17.8 Å². The van der Waals surface area contributed by atoms with Crippen LogP contribution in [0.5, 0.6) is 0 Å². The van der Waals surface area contributed by atoms with Gasteiger partial charge in [0.1, 0.15) is 5.69 Å². The summed E-state index contributed by atoms with van der Waals surface area (Å²) in [6.07, 6.45) is 3.18. The minimum atomic E-state index is -0.390. The Kier molecular flexibility index (Phi) is 4.81. The van der Waals surface area contributed by atoms with Gasteiger partial charge in [-0.1, -0.05) is 13.8 Å². The standard InChI is InChI=1S/C15H25N3O2/c1-4-12(5-2)18-14(9-11(3)16-18)15(20)17-8-6-7-13(19)10-17/h9,12-13,19H,4-8,10H2,1-3H3. The Labute approximate surface area is 120 Å². The molecule has 0 aliphatic carbocycles. The molecular weight excluding hydrogens is 254 g/mol. The zero-order chi connectivity index (χ0) is 14.7. The fourth-order valence-electron chi connectivity index (χ4n) is 2.89. The van der Waals surface area contributed by atoms with Crippen LogP contribution in [-0.4, -0.2) is 44.9 Å². The minimum Gasteiger partial charge on any atom is -0.391 e. The summed E-state index contributed by atoms with van der Waals surface area (Å²) < 4.78 is 1.87. The number of carbonyl (C=O) groups excluding carboxylic acids is 1. The van der Waals surface area contributed by atoms with Crippen molar-refractivity contribution in [3.8, 4) is 0 Å². The van der Waals surface area contributed by atoms with E-state index in [2.05, 4.69) is 18.9 Å². The van der Waals surface area contributed by atoms with Gasteiger partial charge in [-0.15, -0.1) is 0 Å². The third-order valence-electron chi connectivity index (χ3n) is 4.05. The molecule has 1 aliphatic rings. The van der Waals surface area contributed by atoms with Crippen LogP contribution in [0.4, 0.5) is 0 Å². The number of nitrogens with zero attached hydrogens (tertiary/aromatic N) is 3. The van der Waals surface area contributed by atoms with Crippen molar-refractivity contribution < 1.29 is 9.90 Å². The molecule has 1 atom stereocenters. The van der Waals surface area contributed by atoms with E-state index in [1.54, 1.807) is 4.90 Å². The third kappa shape index (κ3) is 3.03. The molecule has 1 unspecified atom stereocenters. The second-order valence-corrected chi connectivity index (χ2v) is 5.63. The van der Waals surface area contributed by atoms with E-state index in [9.17, 15) is 9.90 Å². The summed E-state index contributed by atoms with van der Waals surface area (Å²) in [6.45, 7) is 7.31. The lowest BCUT2D eigenvalue weighted by Crippen LogP contribution is -2.43. The number of carbonyl (C=O) groups is 1. The molecule has 20 heavy (non-hydrogen) atoms. The summed E-state index contributed by atoms with van der Waals surface area (Å²) in [5.74, 6) is -0.00347. The van der Waals surface area contributed by atoms with Crippen molar-refractivity contribution in [3.63, 3.8) is 0 Å². The lowest BCUT2D eigenvalue weighted by molar-refractivity contribution is 0.0461. The summed E-state index contributed by atoms with van der Waals surface area (Å²) in [7, 11) is 0. The molecule has 0 saturated carbocycles. The monoisotopic (exact) mass is 279 g/mol. The topological polar surface area (TPSA) is 58.4 Å². The molecule has 0 spiro atoms. The maximum absolute atomic E-state index is 12.7. The Bertz CT molecular complexity index is 466. The van der Waals surface area contributed by atoms with Gasteiger partial charge in [-0.2, -0.15) is 5.10 Å². The second-order valence-electron chi connectivity index (χ2n) is 5.63. The predicted molar refractivity (Wildman–Crippen MR) is 77.7 cm³/mol. The number of piperidine rings is 1. The maximum Gasteiger partial charge on any atom is 0.272 e. The van der Waals surface area contributed by atoms with E-state index < -0.39 is 6.10 Å². The van der Waals surface area contributed by atoms with E-state index in [1.807, 2.05) is 17.7 Å². The smallest absolute Gasteiger partial charge is 0.272 e. The van der Waals surface area contributed by atoms with Gasteiger partial charge < -0.3 is 10.0 Å². The van der Waals surface area contributed by atoms with Crippen LogP contribution in [0.1, 0.15) is 61.8 Å². The first kappa shape index (κ1) is 15.0. The Balaban J connectivity index is 2.25. The highest BCUT2D eigenvalue weighted by molar-refractivity contribution is 5.92. The highest BCUT2D eigenvalue weighted by Gasteiger charge is 2.27. The van der Waals surface area contributed by atoms with Gasteiger partial charge in [-0.25, -0.2) is 0 Å². The van der Waals surface area contributed by atoms with Gasteiger partial charge in [-0.05, 0) is 38.7 Å². The first-order valence-electron chi connectivity index (χ1n) is 7.60. The number of aliphatic hydroxyl groups excluding tert-OH is 1. The lowest BCUT2D eigenvalue weighted by Gasteiger charge is -2.30. The van der Waals surface area contributed by atoms with E-state index in [0.717, 1.165) is 37.9 Å². The van der Waals surface area contributed by atoms with Crippen LogP contribution in [0.25, 0.3) is 0 Å². The number of hydrogen-bond acceptors (Lipinski definition) is 3. The number of aryl methyl sites for hydroxylation is 1. The zero-order valence-corrected chi connectivity index (χ0v) is 12.7. The first-order valence-corrected chi connectivity index (χ1v) is 7.60. The number of rotatable bonds is 4. The van der Waals surface area contributed by atoms with Crippen LogP contribution in [0.2, 0.25) is 0 Å². The zero-order valence-electron chi connectivity index (χ0n) is 12.7. The number of aliphatic hydroxyl groups is 1. The van der Waals surface area contributed by atoms with Crippen molar-refractivity contribution in [1.29, 1.82) is 0 Å². The van der Waals surface area contributed by atoms with Crippen LogP contribution < -0.4 is 0 Å². The minimum absolute atomic E-state index is 0.00347. The molecule has 1 aliphatic heterocycles. The number of likely N-dealkylation sites (tertiary alicyclic amines) is 1. The van der Waals surface area contributed by atoms with Crippen LogP contribution in [0.15, 0.2) is 6.07 Å². The van der Waals surface area contributed by atoms with E-state index in [-0.39, 0.29) is 11.9 Å². The third-order valence-corrected chi connectivity index (χ3v) is 4.05. The van der Waals surface area contributed by atoms with Crippen molar-refractivity contribution in [2.75, 3.05) is 13.1 Å². The second kappa shape index (κ2) is 6.39. The molecule has 1 aromatic heterocycles. The number of aromatic nitrogens is 2. The lowest BCUT2D eigenvalue weighted by atomic mass is 10.1. The molecule has 0 aromatic carbocycles. The van der Waals surface area contributed by atoms with E-state index in [0.29, 0.717) is 12.2 Å². The van der Waals surface area contributed by atoms with Gasteiger partial charge in [0.25, 0.3) is 5.91 Å². The van der Waals surface area contributed by atoms with Crippen molar-refractivity contribution in [1.82, 2.24) is 14.7 Å². The number of hydrogen-bond donors (Lipinski definition) is 1. The molecule has 5 nitrogen and oxygen atoms in total. The number of β-amino-alcohol motifs (C(OH)–C–C–N with tert-alkyl or cyclic N) is 1. The summed E-state index contributed by atoms with van der Waals surface area (Å²) >= 11 is 0. The van der Waals surface area contributed by atoms with Crippen LogP contribution in [0, 0.1) is 6.92 Å². The van der Waals surface area contributed by atoms with Gasteiger partial charge >= 0.3 is 0 Å². The quantitative estimate of drug-likeness (QED) is 0.918. The van der Waals surface area contributed by atoms with Crippen molar-refractivity contribution in [3.05, 3.63) is 17.5 Å². The summed E-state index contributed by atoms with van der Waals surface area (Å²) in [4.78, 5) is 14.4. The highest BCUT2D eigenvalue weighted by Crippen LogP contribution is 2.21. The van der Waals surface area contributed by atoms with E-state index in [4.69, 9.17) is 0 Å². The SMILES string of the molecule is CCC(CC)n1nc(C)cc1C(=O)N1CCCC(O)C1. The van der Waals surface area contributed by atoms with E-state index >= 15 is 0 Å². The summed E-state index contributed by atoms with van der Waals surface area (Å²) in [5.41, 5.74) is 1.53. The van der Waals surface area contributed by atoms with Gasteiger partial charge in [0.2, 0.25) is 0 Å². The molecule has 5 heteroatoms. The highest BCUT2D eigenvalue weighted by atomic mass is 16.3. The Hall–Kier alpha value is -1.36. The maximum atomic E-state index is 12.7. The largest absolute Gasteiger partial charge is 0.391 e. The molecule has 0 bridgehead atoms. The molecule has 2 rings (SSSR count). The fraction of sp³-hybridized carbons (Fsp3) is 0.733. The van der Waals surface area contributed by atoms with Gasteiger partial charge in [-0.3, -0.25) is 9.48 Å². The van der Waals surface area contributed by atoms with E-state index in [1.165, 1.54) is 0 Å². The van der Waals surface area contributed by atoms with Crippen molar-refractivity contribution in [2.24, 2.45) is 0 Å². The van der Waals surface area contributed by atoms with Crippen molar-refractivity contribution >= 4 is 5.91 Å². The molecule has 1 aromatic rings. The Morgan fingerprint density at radius 3 is 2.80 bits per heavy atom. The van der Waals surface area contributed by atoms with Crippen LogP contribution in [-0.2, 0) is 0 Å². The molecule has 0 radical (unpaired) electrons. The normalized spacial score (nSPS) is 19.6. The molecular formula is C15H25N3O2. The molecule has 1 N–H and O–H groups in total. The van der Waals surface area contributed by atoms with Gasteiger partial charge in [0, 0.05) is 13.1 Å². The summed E-state index contributed by atoms with van der Waals surface area (Å²) in [5, 5.41) is 14.2. The Morgan fingerprint density at radius 2 is 2.20 bits per heavy atom. The van der Waals surface area contributed by atoms with Gasteiger partial charge in [0.15, 0.2) is 0 Å². The average Bonchev–Trinajstić information content (AvgIpc) is 2.81. The Morgan fingerprint density at radius 1 is 1.50 bits per heavy atom. The van der Waals surface area contributed by atoms with Crippen molar-refractivity contribution in [2.45, 2.75) is 58.6 Å². The molecule has 1 saturated heterocycles. The molecule has 112 valence electrons.